The minimum Gasteiger partial charge on any atom is -0.359 e. The molecule has 0 aliphatic rings. The molecule has 25 heavy (non-hydrogen) atoms. The predicted molar refractivity (Wildman–Crippen MR) is 98.3 cm³/mol. The predicted octanol–water partition coefficient (Wildman–Crippen LogP) is 3.95. The Morgan fingerprint density at radius 3 is 2.76 bits per heavy atom. The minimum absolute atomic E-state index is 0.000817. The lowest BCUT2D eigenvalue weighted by molar-refractivity contribution is -0.384. The van der Waals surface area contributed by atoms with Crippen LogP contribution in [-0.4, -0.2) is 19.7 Å². The highest BCUT2D eigenvalue weighted by Crippen LogP contribution is 2.27. The molecule has 0 bridgehead atoms. The van der Waals surface area contributed by atoms with Gasteiger partial charge in [0.2, 0.25) is 5.82 Å². The van der Waals surface area contributed by atoms with Crippen molar-refractivity contribution < 1.29 is 4.92 Å². The molecule has 0 amide bonds. The monoisotopic (exact) mass is 377 g/mol. The van der Waals surface area contributed by atoms with Crippen LogP contribution >= 0.6 is 22.9 Å². The highest BCUT2D eigenvalue weighted by Gasteiger charge is 2.23. The van der Waals surface area contributed by atoms with Crippen molar-refractivity contribution in [2.45, 2.75) is 19.9 Å². The molecular formula is C16H16ClN5O2S. The zero-order valence-corrected chi connectivity index (χ0v) is 15.3. The molecule has 1 aromatic carbocycles. The molecule has 1 N–H and O–H groups in total. The van der Waals surface area contributed by atoms with Crippen LogP contribution in [0, 0.1) is 17.0 Å². The summed E-state index contributed by atoms with van der Waals surface area (Å²) < 4.78 is 1.48. The van der Waals surface area contributed by atoms with Gasteiger partial charge in [-0.3, -0.25) is 10.1 Å². The number of nitrogens with one attached hydrogen (secondary N) is 1. The van der Waals surface area contributed by atoms with Crippen LogP contribution in [0.4, 0.5) is 11.5 Å². The van der Waals surface area contributed by atoms with Crippen LogP contribution in [0.3, 0.4) is 0 Å². The summed E-state index contributed by atoms with van der Waals surface area (Å²) in [5.41, 5.74) is 2.36. The number of nitro groups is 1. The van der Waals surface area contributed by atoms with Crippen LogP contribution in [0.2, 0.25) is 5.02 Å². The van der Waals surface area contributed by atoms with E-state index in [0.717, 1.165) is 22.7 Å². The van der Waals surface area contributed by atoms with Gasteiger partial charge in [-0.15, -0.1) is 11.3 Å². The number of anilines is 1. The van der Waals surface area contributed by atoms with Gasteiger partial charge in [-0.25, -0.2) is 9.67 Å². The SMILES string of the molecule is Cc1nn(C)c(NCc2csc(Cc3ccc(Cl)cc3)n2)c1[N+](=O)[O-]. The highest BCUT2D eigenvalue weighted by atomic mass is 35.5. The van der Waals surface area contributed by atoms with Gasteiger partial charge in [-0.1, -0.05) is 23.7 Å². The van der Waals surface area contributed by atoms with E-state index in [0.29, 0.717) is 23.1 Å². The first kappa shape index (κ1) is 17.4. The third-order valence-electron chi connectivity index (χ3n) is 3.68. The first-order valence-corrected chi connectivity index (χ1v) is 8.79. The average Bonchev–Trinajstić information content (AvgIpc) is 3.11. The van der Waals surface area contributed by atoms with Gasteiger partial charge in [0.15, 0.2) is 0 Å². The fourth-order valence-electron chi connectivity index (χ4n) is 2.53. The molecule has 9 heteroatoms. The molecule has 130 valence electrons. The lowest BCUT2D eigenvalue weighted by atomic mass is 10.2. The summed E-state index contributed by atoms with van der Waals surface area (Å²) in [4.78, 5) is 15.3. The summed E-state index contributed by atoms with van der Waals surface area (Å²) in [5.74, 6) is 0.384. The van der Waals surface area contributed by atoms with Gasteiger partial charge in [-0.2, -0.15) is 5.10 Å². The van der Waals surface area contributed by atoms with Gasteiger partial charge >= 0.3 is 5.69 Å². The third-order valence-corrected chi connectivity index (χ3v) is 4.83. The van der Waals surface area contributed by atoms with Gasteiger partial charge < -0.3 is 5.32 Å². The van der Waals surface area contributed by atoms with Crippen LogP contribution in [0.25, 0.3) is 0 Å². The number of halogens is 1. The Labute approximate surface area is 153 Å². The second-order valence-corrected chi connectivity index (χ2v) is 6.93. The maximum Gasteiger partial charge on any atom is 0.333 e. The largest absolute Gasteiger partial charge is 0.359 e. The van der Waals surface area contributed by atoms with E-state index in [9.17, 15) is 10.1 Å². The smallest absolute Gasteiger partial charge is 0.333 e. The molecule has 0 aliphatic heterocycles. The molecule has 0 aliphatic carbocycles. The van der Waals surface area contributed by atoms with Crippen LogP contribution in [0.15, 0.2) is 29.6 Å². The second kappa shape index (κ2) is 7.20. The summed E-state index contributed by atoms with van der Waals surface area (Å²) in [7, 11) is 1.68. The fourth-order valence-corrected chi connectivity index (χ4v) is 3.48. The van der Waals surface area contributed by atoms with Crippen molar-refractivity contribution in [1.29, 1.82) is 0 Å². The van der Waals surface area contributed by atoms with E-state index in [4.69, 9.17) is 11.6 Å². The quantitative estimate of drug-likeness (QED) is 0.519. The van der Waals surface area contributed by atoms with E-state index < -0.39 is 4.92 Å². The number of benzene rings is 1. The molecule has 0 unspecified atom stereocenters. The molecule has 3 aromatic rings. The Hall–Kier alpha value is -2.45. The number of thiazole rings is 1. The van der Waals surface area contributed by atoms with Crippen molar-refractivity contribution >= 4 is 34.4 Å². The van der Waals surface area contributed by atoms with Gasteiger partial charge in [0, 0.05) is 23.9 Å². The molecule has 0 saturated carbocycles. The first-order chi connectivity index (χ1) is 11.9. The summed E-state index contributed by atoms with van der Waals surface area (Å²) in [6.07, 6.45) is 0.729. The van der Waals surface area contributed by atoms with Crippen molar-refractivity contribution in [3.63, 3.8) is 0 Å². The zero-order chi connectivity index (χ0) is 18.0. The number of aromatic nitrogens is 3. The molecule has 0 atom stereocenters. The summed E-state index contributed by atoms with van der Waals surface area (Å²) in [6.45, 7) is 2.02. The van der Waals surface area contributed by atoms with Gasteiger partial charge in [0.05, 0.1) is 22.2 Å². The van der Waals surface area contributed by atoms with E-state index in [1.165, 1.54) is 4.68 Å². The van der Waals surface area contributed by atoms with Crippen molar-refractivity contribution in [3.05, 3.63) is 66.7 Å². The van der Waals surface area contributed by atoms with E-state index in [1.807, 2.05) is 29.6 Å². The lowest BCUT2D eigenvalue weighted by Gasteiger charge is -2.04. The highest BCUT2D eigenvalue weighted by molar-refractivity contribution is 7.09. The fraction of sp³-hybridized carbons (Fsp3) is 0.250. The number of hydrogen-bond donors (Lipinski definition) is 1. The lowest BCUT2D eigenvalue weighted by Crippen LogP contribution is -2.06. The van der Waals surface area contributed by atoms with Crippen molar-refractivity contribution in [2.24, 2.45) is 7.05 Å². The Balaban J connectivity index is 1.68. The number of rotatable bonds is 6. The summed E-state index contributed by atoms with van der Waals surface area (Å²) in [5, 5.41) is 22.0. The van der Waals surface area contributed by atoms with Crippen LogP contribution < -0.4 is 5.32 Å². The third kappa shape index (κ3) is 3.97. The van der Waals surface area contributed by atoms with Gasteiger partial charge in [0.25, 0.3) is 0 Å². The van der Waals surface area contributed by atoms with Crippen LogP contribution in [-0.2, 0) is 20.0 Å². The Morgan fingerprint density at radius 1 is 1.36 bits per heavy atom. The standard InChI is InChI=1S/C16H16ClN5O2S/c1-10-15(22(23)24)16(21(2)20-10)18-8-13-9-25-14(19-13)7-11-3-5-12(17)6-4-11/h3-6,9,18H,7-8H2,1-2H3. The van der Waals surface area contributed by atoms with Crippen molar-refractivity contribution in [2.75, 3.05) is 5.32 Å². The van der Waals surface area contributed by atoms with E-state index >= 15 is 0 Å². The zero-order valence-electron chi connectivity index (χ0n) is 13.7. The maximum atomic E-state index is 11.2. The minimum atomic E-state index is -0.419. The molecule has 2 aromatic heterocycles. The van der Waals surface area contributed by atoms with E-state index in [1.54, 1.807) is 25.3 Å². The normalized spacial score (nSPS) is 10.8. The Kier molecular flexibility index (Phi) is 5.00. The molecule has 2 heterocycles. The first-order valence-electron chi connectivity index (χ1n) is 7.53. The van der Waals surface area contributed by atoms with Gasteiger partial charge in [0.1, 0.15) is 5.69 Å². The maximum absolute atomic E-state index is 11.2. The number of aryl methyl sites for hydroxylation is 2. The van der Waals surface area contributed by atoms with E-state index in [2.05, 4.69) is 15.4 Å². The van der Waals surface area contributed by atoms with Crippen LogP contribution in [0.5, 0.6) is 0 Å². The summed E-state index contributed by atoms with van der Waals surface area (Å²) >= 11 is 7.45. The summed E-state index contributed by atoms with van der Waals surface area (Å²) in [6, 6.07) is 7.67. The second-order valence-electron chi connectivity index (χ2n) is 5.55. The topological polar surface area (TPSA) is 85.9 Å². The van der Waals surface area contributed by atoms with Crippen LogP contribution in [0.1, 0.15) is 22.0 Å². The molecular weight excluding hydrogens is 362 g/mol. The van der Waals surface area contributed by atoms with Crippen molar-refractivity contribution in [3.8, 4) is 0 Å². The molecule has 0 radical (unpaired) electrons. The Bertz CT molecular complexity index is 904. The Morgan fingerprint density at radius 2 is 2.08 bits per heavy atom. The number of hydrogen-bond acceptors (Lipinski definition) is 6. The number of nitrogens with zero attached hydrogens (tertiary/aromatic N) is 4. The molecule has 0 spiro atoms. The molecule has 0 fully saturated rings. The average molecular weight is 378 g/mol. The van der Waals surface area contributed by atoms with E-state index in [-0.39, 0.29) is 5.69 Å². The van der Waals surface area contributed by atoms with Gasteiger partial charge in [-0.05, 0) is 24.6 Å². The molecule has 7 nitrogen and oxygen atoms in total. The molecule has 3 rings (SSSR count). The van der Waals surface area contributed by atoms with Crippen molar-refractivity contribution in [1.82, 2.24) is 14.8 Å². The molecule has 0 saturated heterocycles.